The zero-order valence-corrected chi connectivity index (χ0v) is 13.6. The summed E-state index contributed by atoms with van der Waals surface area (Å²) in [4.78, 5) is 24.1. The minimum absolute atomic E-state index is 0.130. The number of hydrogen-bond donors (Lipinski definition) is 1. The van der Waals surface area contributed by atoms with Crippen molar-refractivity contribution in [3.05, 3.63) is 35.4 Å². The van der Waals surface area contributed by atoms with Crippen molar-refractivity contribution < 1.29 is 9.59 Å². The first kappa shape index (κ1) is 15.9. The fourth-order valence-corrected chi connectivity index (χ4v) is 3.01. The van der Waals surface area contributed by atoms with Gasteiger partial charge in [-0.25, -0.2) is 4.79 Å². The molecule has 0 atom stereocenters. The highest BCUT2D eigenvalue weighted by Crippen LogP contribution is 2.23. The molecule has 1 aromatic rings. The van der Waals surface area contributed by atoms with E-state index in [2.05, 4.69) is 50.4 Å². The Hall–Kier alpha value is -1.49. The van der Waals surface area contributed by atoms with E-state index in [1.807, 2.05) is 0 Å². The van der Waals surface area contributed by atoms with Crippen LogP contribution in [-0.2, 0) is 16.0 Å². The van der Waals surface area contributed by atoms with Gasteiger partial charge < -0.3 is 5.32 Å². The molecule has 1 aromatic carbocycles. The minimum Gasteiger partial charge on any atom is -0.329 e. The number of nitrogens with one attached hydrogen (secondary N) is 1. The van der Waals surface area contributed by atoms with E-state index < -0.39 is 0 Å². The molecule has 0 radical (unpaired) electrons. The molecule has 0 aromatic heterocycles. The number of carbonyl (C=O) groups is 2. The van der Waals surface area contributed by atoms with E-state index in [-0.39, 0.29) is 23.9 Å². The Bertz CT molecular complexity index is 504. The van der Waals surface area contributed by atoms with Crippen LogP contribution in [0.15, 0.2) is 24.3 Å². The number of benzene rings is 1. The van der Waals surface area contributed by atoms with Gasteiger partial charge in [0, 0.05) is 18.1 Å². The predicted octanol–water partition coefficient (Wildman–Crippen LogP) is 2.77. The second-order valence-electron chi connectivity index (χ2n) is 6.20. The van der Waals surface area contributed by atoms with E-state index in [9.17, 15) is 9.59 Å². The van der Waals surface area contributed by atoms with Gasteiger partial charge in [-0.05, 0) is 16.5 Å². The van der Waals surface area contributed by atoms with Crippen molar-refractivity contribution in [3.8, 4) is 0 Å². The number of hydrogen-bond acceptors (Lipinski definition) is 3. The van der Waals surface area contributed by atoms with Crippen LogP contribution in [0.5, 0.6) is 0 Å². The van der Waals surface area contributed by atoms with E-state index >= 15 is 0 Å². The van der Waals surface area contributed by atoms with Crippen LogP contribution in [0.3, 0.4) is 0 Å². The molecule has 5 heteroatoms. The largest absolute Gasteiger partial charge is 0.329 e. The Kier molecular flexibility index (Phi) is 4.93. The zero-order chi connectivity index (χ0) is 15.5. The van der Waals surface area contributed by atoms with E-state index in [0.29, 0.717) is 6.54 Å². The Morgan fingerprint density at radius 2 is 1.86 bits per heavy atom. The van der Waals surface area contributed by atoms with Gasteiger partial charge in [-0.3, -0.25) is 9.69 Å². The van der Waals surface area contributed by atoms with Crippen molar-refractivity contribution in [2.75, 3.05) is 18.8 Å². The average molecular weight is 306 g/mol. The van der Waals surface area contributed by atoms with Gasteiger partial charge in [-0.1, -0.05) is 45.0 Å². The van der Waals surface area contributed by atoms with Crippen LogP contribution in [0.1, 0.15) is 31.9 Å². The number of thioether (sulfide) groups is 1. The first-order chi connectivity index (χ1) is 9.88. The minimum atomic E-state index is -0.268. The van der Waals surface area contributed by atoms with E-state index in [1.165, 1.54) is 16.0 Å². The molecule has 2 rings (SSSR count). The number of imide groups is 1. The maximum Gasteiger partial charge on any atom is 0.324 e. The van der Waals surface area contributed by atoms with Gasteiger partial charge in [0.1, 0.15) is 0 Å². The quantitative estimate of drug-likeness (QED) is 0.672. The van der Waals surface area contributed by atoms with Crippen LogP contribution in [-0.4, -0.2) is 35.7 Å². The zero-order valence-electron chi connectivity index (χ0n) is 12.8. The third-order valence-corrected chi connectivity index (χ3v) is 4.49. The van der Waals surface area contributed by atoms with Crippen LogP contribution in [0.25, 0.3) is 0 Å². The number of carbonyl (C=O) groups excluding carboxylic acids is 2. The summed E-state index contributed by atoms with van der Waals surface area (Å²) in [6, 6.07) is 8.39. The molecule has 1 aliphatic heterocycles. The van der Waals surface area contributed by atoms with Gasteiger partial charge >= 0.3 is 6.03 Å². The lowest BCUT2D eigenvalue weighted by Gasteiger charge is -2.19. The molecule has 0 aliphatic carbocycles. The van der Waals surface area contributed by atoms with Gasteiger partial charge in [0.2, 0.25) is 5.91 Å². The summed E-state index contributed by atoms with van der Waals surface area (Å²) in [5.74, 6) is 1.53. The third kappa shape index (κ3) is 4.24. The van der Waals surface area contributed by atoms with Gasteiger partial charge in [0.05, 0.1) is 6.54 Å². The number of amides is 3. The smallest absolute Gasteiger partial charge is 0.324 e. The molecular weight excluding hydrogens is 284 g/mol. The van der Waals surface area contributed by atoms with Crippen LogP contribution in [0.2, 0.25) is 0 Å². The SMILES string of the molecule is CC(C)(C)c1ccc(CSCCN2C(=O)CNC2=O)cc1. The lowest BCUT2D eigenvalue weighted by atomic mass is 9.87. The topological polar surface area (TPSA) is 49.4 Å². The molecule has 1 saturated heterocycles. The maximum absolute atomic E-state index is 11.4. The molecule has 0 spiro atoms. The highest BCUT2D eigenvalue weighted by molar-refractivity contribution is 7.98. The second-order valence-corrected chi connectivity index (χ2v) is 7.31. The lowest BCUT2D eigenvalue weighted by molar-refractivity contribution is -0.124. The molecule has 0 saturated carbocycles. The predicted molar refractivity (Wildman–Crippen MR) is 86.4 cm³/mol. The summed E-state index contributed by atoms with van der Waals surface area (Å²) in [6.45, 7) is 7.23. The van der Waals surface area contributed by atoms with E-state index in [0.717, 1.165) is 11.5 Å². The number of nitrogens with zero attached hydrogens (tertiary/aromatic N) is 1. The molecule has 1 N–H and O–H groups in total. The molecule has 1 heterocycles. The molecule has 4 nitrogen and oxygen atoms in total. The summed E-state index contributed by atoms with van der Waals surface area (Å²) in [6.07, 6.45) is 0. The number of urea groups is 1. The van der Waals surface area contributed by atoms with Crippen molar-refractivity contribution in [2.45, 2.75) is 31.9 Å². The third-order valence-electron chi connectivity index (χ3n) is 3.48. The average Bonchev–Trinajstić information content (AvgIpc) is 2.74. The highest BCUT2D eigenvalue weighted by atomic mass is 32.2. The fourth-order valence-electron chi connectivity index (χ4n) is 2.13. The molecule has 0 bridgehead atoms. The molecule has 1 aliphatic rings. The standard InChI is InChI=1S/C16H22N2O2S/c1-16(2,3)13-6-4-12(5-7-13)11-21-9-8-18-14(19)10-17-15(18)20/h4-7H,8-11H2,1-3H3,(H,17,20). The van der Waals surface area contributed by atoms with Crippen LogP contribution < -0.4 is 5.32 Å². The summed E-state index contributed by atoms with van der Waals surface area (Å²) < 4.78 is 0. The fraction of sp³-hybridized carbons (Fsp3) is 0.500. The summed E-state index contributed by atoms with van der Waals surface area (Å²) in [5, 5.41) is 2.53. The Morgan fingerprint density at radius 1 is 1.19 bits per heavy atom. The maximum atomic E-state index is 11.4. The van der Waals surface area contributed by atoms with Crippen LogP contribution in [0.4, 0.5) is 4.79 Å². The molecule has 1 fully saturated rings. The number of rotatable bonds is 5. The lowest BCUT2D eigenvalue weighted by Crippen LogP contribution is -2.32. The normalized spacial score (nSPS) is 15.5. The van der Waals surface area contributed by atoms with Gasteiger partial charge in [0.15, 0.2) is 0 Å². The van der Waals surface area contributed by atoms with Crippen LogP contribution in [0, 0.1) is 0 Å². The molecule has 0 unspecified atom stereocenters. The van der Waals surface area contributed by atoms with Crippen molar-refractivity contribution in [2.24, 2.45) is 0 Å². The van der Waals surface area contributed by atoms with E-state index in [4.69, 9.17) is 0 Å². The molecule has 114 valence electrons. The van der Waals surface area contributed by atoms with Crippen molar-refractivity contribution in [1.82, 2.24) is 10.2 Å². The summed E-state index contributed by atoms with van der Waals surface area (Å²) >= 11 is 1.74. The highest BCUT2D eigenvalue weighted by Gasteiger charge is 2.27. The van der Waals surface area contributed by atoms with Gasteiger partial charge in [0.25, 0.3) is 0 Å². The summed E-state index contributed by atoms with van der Waals surface area (Å²) in [7, 11) is 0. The summed E-state index contributed by atoms with van der Waals surface area (Å²) in [5.41, 5.74) is 2.77. The van der Waals surface area contributed by atoms with Crippen molar-refractivity contribution in [3.63, 3.8) is 0 Å². The molecule has 21 heavy (non-hydrogen) atoms. The van der Waals surface area contributed by atoms with Crippen molar-refractivity contribution in [1.29, 1.82) is 0 Å². The first-order valence-electron chi connectivity index (χ1n) is 7.13. The monoisotopic (exact) mass is 306 g/mol. The van der Waals surface area contributed by atoms with Crippen LogP contribution >= 0.6 is 11.8 Å². The first-order valence-corrected chi connectivity index (χ1v) is 8.29. The van der Waals surface area contributed by atoms with Crippen molar-refractivity contribution >= 4 is 23.7 Å². The second kappa shape index (κ2) is 6.52. The Balaban J connectivity index is 1.76. The molecular formula is C16H22N2O2S. The Labute approximate surface area is 130 Å². The van der Waals surface area contributed by atoms with Gasteiger partial charge in [-0.2, -0.15) is 11.8 Å². The van der Waals surface area contributed by atoms with E-state index in [1.54, 1.807) is 11.8 Å². The molecule has 3 amide bonds. The van der Waals surface area contributed by atoms with Gasteiger partial charge in [-0.15, -0.1) is 0 Å². The Morgan fingerprint density at radius 3 is 2.38 bits per heavy atom.